The van der Waals surface area contributed by atoms with E-state index < -0.39 is 0 Å². The number of hydrogen-bond donors (Lipinski definition) is 1. The minimum Gasteiger partial charge on any atom is -0.310 e. The van der Waals surface area contributed by atoms with Gasteiger partial charge in [-0.15, -0.1) is 11.8 Å². The fourth-order valence-corrected chi connectivity index (χ4v) is 3.13. The Balaban J connectivity index is 1.92. The van der Waals surface area contributed by atoms with Crippen LogP contribution >= 0.6 is 11.8 Å². The minimum absolute atomic E-state index is 0.0579. The number of amides is 1. The molecular formula is C15H25N3OS. The Labute approximate surface area is 125 Å². The molecule has 4 nitrogen and oxygen atoms in total. The summed E-state index contributed by atoms with van der Waals surface area (Å²) in [4.78, 5) is 12.0. The second-order valence-corrected chi connectivity index (χ2v) is 8.20. The molecule has 0 saturated heterocycles. The molecule has 0 aromatic carbocycles. The van der Waals surface area contributed by atoms with Crippen LogP contribution < -0.4 is 5.32 Å². The smallest absolute Gasteiger partial charge is 0.235 e. The number of carbonyl (C=O) groups is 1. The summed E-state index contributed by atoms with van der Waals surface area (Å²) in [5, 5.41) is 7.40. The van der Waals surface area contributed by atoms with E-state index in [-0.39, 0.29) is 10.7 Å². The van der Waals surface area contributed by atoms with Crippen molar-refractivity contribution >= 4 is 23.5 Å². The van der Waals surface area contributed by atoms with E-state index in [1.54, 1.807) is 18.0 Å². The summed E-state index contributed by atoms with van der Waals surface area (Å²) in [6.45, 7) is 6.37. The van der Waals surface area contributed by atoms with Gasteiger partial charge in [0.15, 0.2) is 0 Å². The Bertz CT molecular complexity index is 444. The van der Waals surface area contributed by atoms with Gasteiger partial charge in [-0.2, -0.15) is 5.10 Å². The predicted molar refractivity (Wildman–Crippen MR) is 85.2 cm³/mol. The fourth-order valence-electron chi connectivity index (χ4n) is 2.49. The van der Waals surface area contributed by atoms with Gasteiger partial charge in [0.2, 0.25) is 5.91 Å². The molecule has 1 saturated carbocycles. The number of nitrogens with zero attached hydrogens (tertiary/aromatic N) is 2. The summed E-state index contributed by atoms with van der Waals surface area (Å²) in [5.74, 6) is 1.39. The molecule has 2 rings (SSSR count). The molecule has 0 radical (unpaired) electrons. The van der Waals surface area contributed by atoms with Crippen LogP contribution in [0.15, 0.2) is 12.3 Å². The van der Waals surface area contributed by atoms with Crippen molar-refractivity contribution in [2.45, 2.75) is 63.7 Å². The number of thioether (sulfide) groups is 1. The number of aromatic nitrogens is 2. The van der Waals surface area contributed by atoms with Crippen molar-refractivity contribution in [1.82, 2.24) is 9.78 Å². The first-order valence-electron chi connectivity index (χ1n) is 7.43. The molecule has 1 amide bonds. The zero-order chi connectivity index (χ0) is 14.6. The molecular weight excluding hydrogens is 270 g/mol. The maximum Gasteiger partial charge on any atom is 0.235 e. The zero-order valence-corrected chi connectivity index (χ0v) is 13.5. The molecule has 1 fully saturated rings. The first kappa shape index (κ1) is 15.4. The topological polar surface area (TPSA) is 46.9 Å². The molecule has 0 spiro atoms. The normalized spacial score (nSPS) is 17.1. The largest absolute Gasteiger partial charge is 0.310 e. The minimum atomic E-state index is 0.0579. The standard InChI is InChI=1S/C15H25N3OS/c1-15(2,3)20-11-14(19)17-13-9-10-16-18(13)12-7-5-4-6-8-12/h9-10,12H,4-8,11H2,1-3H3,(H,17,19). The van der Waals surface area contributed by atoms with E-state index in [4.69, 9.17) is 0 Å². The van der Waals surface area contributed by atoms with Gasteiger partial charge in [-0.25, -0.2) is 4.68 Å². The summed E-state index contributed by atoms with van der Waals surface area (Å²) in [6, 6.07) is 2.35. The molecule has 112 valence electrons. The summed E-state index contributed by atoms with van der Waals surface area (Å²) >= 11 is 1.66. The van der Waals surface area contributed by atoms with E-state index >= 15 is 0 Å². The summed E-state index contributed by atoms with van der Waals surface area (Å²) < 4.78 is 2.11. The molecule has 0 bridgehead atoms. The van der Waals surface area contributed by atoms with Crippen LogP contribution in [-0.4, -0.2) is 26.2 Å². The van der Waals surface area contributed by atoms with Crippen molar-refractivity contribution < 1.29 is 4.79 Å². The Hall–Kier alpha value is -0.970. The lowest BCUT2D eigenvalue weighted by molar-refractivity contribution is -0.113. The number of nitrogens with one attached hydrogen (secondary N) is 1. The molecule has 0 aliphatic heterocycles. The van der Waals surface area contributed by atoms with Crippen molar-refractivity contribution in [2.24, 2.45) is 0 Å². The van der Waals surface area contributed by atoms with Gasteiger partial charge in [0.25, 0.3) is 0 Å². The monoisotopic (exact) mass is 295 g/mol. The molecule has 1 N–H and O–H groups in total. The molecule has 1 aromatic rings. The Morgan fingerprint density at radius 2 is 2.10 bits per heavy atom. The highest BCUT2D eigenvalue weighted by molar-refractivity contribution is 8.01. The van der Waals surface area contributed by atoms with Gasteiger partial charge in [0.1, 0.15) is 5.82 Å². The Morgan fingerprint density at radius 3 is 2.75 bits per heavy atom. The molecule has 0 atom stereocenters. The highest BCUT2D eigenvalue weighted by Gasteiger charge is 2.20. The van der Waals surface area contributed by atoms with Crippen LogP contribution in [0.3, 0.4) is 0 Å². The quantitative estimate of drug-likeness (QED) is 0.917. The van der Waals surface area contributed by atoms with E-state index in [1.165, 1.54) is 32.1 Å². The van der Waals surface area contributed by atoms with Crippen molar-refractivity contribution in [1.29, 1.82) is 0 Å². The van der Waals surface area contributed by atoms with Crippen molar-refractivity contribution in [3.63, 3.8) is 0 Å². The molecule has 0 unspecified atom stereocenters. The van der Waals surface area contributed by atoms with Gasteiger partial charge in [-0.1, -0.05) is 40.0 Å². The summed E-state index contributed by atoms with van der Waals surface area (Å²) in [6.07, 6.45) is 7.96. The van der Waals surface area contributed by atoms with Crippen molar-refractivity contribution in [2.75, 3.05) is 11.1 Å². The van der Waals surface area contributed by atoms with Crippen molar-refractivity contribution in [3.8, 4) is 0 Å². The summed E-state index contributed by atoms with van der Waals surface area (Å²) in [7, 11) is 0. The second kappa shape index (κ2) is 6.66. The molecule has 5 heteroatoms. The fraction of sp³-hybridized carbons (Fsp3) is 0.733. The van der Waals surface area contributed by atoms with Crippen LogP contribution in [0.2, 0.25) is 0 Å². The molecule has 1 heterocycles. The van der Waals surface area contributed by atoms with E-state index in [9.17, 15) is 4.79 Å². The van der Waals surface area contributed by atoms with Gasteiger partial charge < -0.3 is 5.32 Å². The lowest BCUT2D eigenvalue weighted by Crippen LogP contribution is -2.23. The molecule has 1 aliphatic carbocycles. The SMILES string of the molecule is CC(C)(C)SCC(=O)Nc1ccnn1C1CCCCC1. The van der Waals surface area contributed by atoms with Gasteiger partial charge in [-0.05, 0) is 12.8 Å². The zero-order valence-electron chi connectivity index (χ0n) is 12.7. The Kier molecular flexibility index (Phi) is 5.13. The van der Waals surface area contributed by atoms with Crippen LogP contribution in [0.5, 0.6) is 0 Å². The first-order chi connectivity index (χ1) is 9.46. The molecule has 1 aliphatic rings. The predicted octanol–water partition coefficient (Wildman–Crippen LogP) is 3.86. The highest BCUT2D eigenvalue weighted by Crippen LogP contribution is 2.30. The third-order valence-electron chi connectivity index (χ3n) is 3.49. The van der Waals surface area contributed by atoms with Crippen LogP contribution in [0.25, 0.3) is 0 Å². The van der Waals surface area contributed by atoms with Crippen LogP contribution in [0.4, 0.5) is 5.82 Å². The highest BCUT2D eigenvalue weighted by atomic mass is 32.2. The average Bonchev–Trinajstić information content (AvgIpc) is 2.85. The average molecular weight is 295 g/mol. The van der Waals surface area contributed by atoms with E-state index in [0.29, 0.717) is 11.8 Å². The van der Waals surface area contributed by atoms with E-state index in [2.05, 4.69) is 31.2 Å². The lowest BCUT2D eigenvalue weighted by atomic mass is 9.96. The molecule has 1 aromatic heterocycles. The number of anilines is 1. The molecule has 20 heavy (non-hydrogen) atoms. The van der Waals surface area contributed by atoms with Crippen LogP contribution in [-0.2, 0) is 4.79 Å². The van der Waals surface area contributed by atoms with Gasteiger partial charge >= 0.3 is 0 Å². The lowest BCUT2D eigenvalue weighted by Gasteiger charge is -2.24. The van der Waals surface area contributed by atoms with Gasteiger partial charge in [-0.3, -0.25) is 4.79 Å². The number of rotatable bonds is 4. The van der Waals surface area contributed by atoms with Crippen LogP contribution in [0.1, 0.15) is 58.9 Å². The number of carbonyl (C=O) groups excluding carboxylic acids is 1. The van der Waals surface area contributed by atoms with Gasteiger partial charge in [0, 0.05) is 10.8 Å². The number of hydrogen-bond acceptors (Lipinski definition) is 3. The third-order valence-corrected chi connectivity index (χ3v) is 4.77. The van der Waals surface area contributed by atoms with E-state index in [1.807, 2.05) is 10.7 Å². The maximum atomic E-state index is 12.0. The second-order valence-electron chi connectivity index (χ2n) is 6.40. The third kappa shape index (κ3) is 4.54. The van der Waals surface area contributed by atoms with Crippen LogP contribution in [0, 0.1) is 0 Å². The Morgan fingerprint density at radius 1 is 1.40 bits per heavy atom. The van der Waals surface area contributed by atoms with E-state index in [0.717, 1.165) is 5.82 Å². The maximum absolute atomic E-state index is 12.0. The summed E-state index contributed by atoms with van der Waals surface area (Å²) in [5.41, 5.74) is 0. The first-order valence-corrected chi connectivity index (χ1v) is 8.41. The van der Waals surface area contributed by atoms with Crippen molar-refractivity contribution in [3.05, 3.63) is 12.3 Å². The van der Waals surface area contributed by atoms with Gasteiger partial charge in [0.05, 0.1) is 18.0 Å².